The third kappa shape index (κ3) is 6.33. The molecular formula is C32H35ClN8. The molecule has 0 aliphatic rings. The van der Waals surface area contributed by atoms with Crippen molar-refractivity contribution in [2.24, 2.45) is 0 Å². The fraction of sp³-hybridized carbons (Fsp3) is 0.250. The average Bonchev–Trinajstić information content (AvgIpc) is 2.91. The summed E-state index contributed by atoms with van der Waals surface area (Å²) >= 11 is 6.21. The van der Waals surface area contributed by atoms with Crippen molar-refractivity contribution >= 4 is 57.4 Å². The van der Waals surface area contributed by atoms with E-state index in [2.05, 4.69) is 58.9 Å². The largest absolute Gasteiger partial charge is 0.377 e. The number of anilines is 6. The number of fused-ring (bicyclic) bond motifs is 1. The molecule has 3 aromatic carbocycles. The summed E-state index contributed by atoms with van der Waals surface area (Å²) in [5, 5.41) is 15.7. The summed E-state index contributed by atoms with van der Waals surface area (Å²) in [6, 6.07) is 23.8. The first-order chi connectivity index (χ1) is 19.5. The Morgan fingerprint density at radius 1 is 0.610 bits per heavy atom. The smallest absolute Gasteiger partial charge is 0.233 e. The highest BCUT2D eigenvalue weighted by atomic mass is 35.5. The van der Waals surface area contributed by atoms with Gasteiger partial charge in [-0.05, 0) is 89.1 Å². The highest BCUT2D eigenvalue weighted by Crippen LogP contribution is 2.33. The van der Waals surface area contributed by atoms with Crippen LogP contribution in [0.15, 0.2) is 79.0 Å². The lowest BCUT2D eigenvalue weighted by Gasteiger charge is -2.43. The minimum atomic E-state index is -0.518. The van der Waals surface area contributed by atoms with E-state index in [0.717, 1.165) is 39.1 Å². The Balaban J connectivity index is 1.47. The third-order valence-corrected chi connectivity index (χ3v) is 7.79. The van der Waals surface area contributed by atoms with Gasteiger partial charge in [-0.2, -0.15) is 15.0 Å². The van der Waals surface area contributed by atoms with Gasteiger partial charge >= 0.3 is 0 Å². The molecule has 2 aromatic heterocycles. The van der Waals surface area contributed by atoms with Crippen LogP contribution in [0, 0.1) is 13.8 Å². The summed E-state index contributed by atoms with van der Waals surface area (Å²) in [5.74, 6) is 1.32. The minimum absolute atomic E-state index is 0.437. The summed E-state index contributed by atoms with van der Waals surface area (Å²) in [4.78, 5) is 18.7. The SMILES string of the molecule is Cc1ccccc1Nc1nc(Nc2ccccc2C)nc(NC(C)(C)C(C)(C)Nc2ccnc3cc(Cl)ccc23)n1. The molecule has 5 aromatic rings. The molecule has 0 saturated carbocycles. The number of para-hydroxylation sites is 2. The van der Waals surface area contributed by atoms with Crippen LogP contribution >= 0.6 is 11.6 Å². The first-order valence-corrected chi connectivity index (χ1v) is 13.9. The van der Waals surface area contributed by atoms with Crippen LogP contribution in [0.1, 0.15) is 38.8 Å². The highest BCUT2D eigenvalue weighted by molar-refractivity contribution is 6.31. The van der Waals surface area contributed by atoms with Crippen LogP contribution in [0.25, 0.3) is 10.9 Å². The summed E-state index contributed by atoms with van der Waals surface area (Å²) in [7, 11) is 0. The number of hydrogen-bond donors (Lipinski definition) is 4. The van der Waals surface area contributed by atoms with Gasteiger partial charge in [-0.1, -0.05) is 48.0 Å². The number of nitrogens with zero attached hydrogens (tertiary/aromatic N) is 4. The molecule has 0 atom stereocenters. The fourth-order valence-electron chi connectivity index (χ4n) is 4.37. The maximum atomic E-state index is 6.21. The zero-order valence-electron chi connectivity index (χ0n) is 24.2. The van der Waals surface area contributed by atoms with E-state index in [0.29, 0.717) is 22.9 Å². The number of benzene rings is 3. The van der Waals surface area contributed by atoms with E-state index in [1.165, 1.54) is 0 Å². The maximum Gasteiger partial charge on any atom is 0.233 e. The Hall–Kier alpha value is -4.43. The molecule has 0 unspecified atom stereocenters. The number of nitrogens with one attached hydrogen (secondary N) is 4. The van der Waals surface area contributed by atoms with E-state index in [9.17, 15) is 0 Å². The predicted molar refractivity (Wildman–Crippen MR) is 171 cm³/mol. The van der Waals surface area contributed by atoms with E-state index >= 15 is 0 Å². The quantitative estimate of drug-likeness (QED) is 0.141. The van der Waals surface area contributed by atoms with Crippen molar-refractivity contribution in [2.45, 2.75) is 52.6 Å². The van der Waals surface area contributed by atoms with E-state index in [4.69, 9.17) is 21.6 Å². The molecule has 0 amide bonds. The highest BCUT2D eigenvalue weighted by Gasteiger charge is 2.38. The Kier molecular flexibility index (Phi) is 7.69. The number of pyridine rings is 1. The summed E-state index contributed by atoms with van der Waals surface area (Å²) in [5.41, 5.74) is 4.86. The zero-order chi connectivity index (χ0) is 29.2. The monoisotopic (exact) mass is 566 g/mol. The molecule has 4 N–H and O–H groups in total. The lowest BCUT2D eigenvalue weighted by Crippen LogP contribution is -2.56. The topological polar surface area (TPSA) is 99.7 Å². The molecule has 0 radical (unpaired) electrons. The van der Waals surface area contributed by atoms with Crippen molar-refractivity contribution < 1.29 is 0 Å². The Labute approximate surface area is 246 Å². The minimum Gasteiger partial charge on any atom is -0.377 e. The molecule has 0 saturated heterocycles. The lowest BCUT2D eigenvalue weighted by molar-refractivity contribution is 0.365. The predicted octanol–water partition coefficient (Wildman–Crippen LogP) is 8.26. The van der Waals surface area contributed by atoms with Gasteiger partial charge in [0.15, 0.2) is 0 Å². The van der Waals surface area contributed by atoms with E-state index in [1.54, 1.807) is 6.20 Å². The van der Waals surface area contributed by atoms with Gasteiger partial charge in [0.2, 0.25) is 17.8 Å². The maximum absolute atomic E-state index is 6.21. The first kappa shape index (κ1) is 28.1. The van der Waals surface area contributed by atoms with Crippen LogP contribution in [0.4, 0.5) is 34.9 Å². The fourth-order valence-corrected chi connectivity index (χ4v) is 4.54. The van der Waals surface area contributed by atoms with E-state index < -0.39 is 11.1 Å². The summed E-state index contributed by atoms with van der Waals surface area (Å²) < 4.78 is 0. The number of aromatic nitrogens is 4. The molecule has 8 nitrogen and oxygen atoms in total. The Morgan fingerprint density at radius 2 is 1.15 bits per heavy atom. The van der Waals surface area contributed by atoms with Gasteiger partial charge in [0.25, 0.3) is 0 Å². The van der Waals surface area contributed by atoms with Crippen molar-refractivity contribution in [3.05, 3.63) is 95.1 Å². The Morgan fingerprint density at radius 3 is 1.73 bits per heavy atom. The first-order valence-electron chi connectivity index (χ1n) is 13.5. The summed E-state index contributed by atoms with van der Waals surface area (Å²) in [6.07, 6.45) is 1.79. The zero-order valence-corrected chi connectivity index (χ0v) is 24.9. The number of aryl methyl sites for hydroxylation is 2. The second-order valence-corrected chi connectivity index (χ2v) is 11.6. The molecule has 9 heteroatoms. The third-order valence-electron chi connectivity index (χ3n) is 7.56. The Bertz CT molecular complexity index is 1630. The van der Waals surface area contributed by atoms with Gasteiger partial charge < -0.3 is 21.3 Å². The number of hydrogen-bond acceptors (Lipinski definition) is 8. The second-order valence-electron chi connectivity index (χ2n) is 11.2. The van der Waals surface area contributed by atoms with Gasteiger partial charge in [-0.25, -0.2) is 0 Å². The van der Waals surface area contributed by atoms with Crippen LogP contribution in [0.2, 0.25) is 5.02 Å². The van der Waals surface area contributed by atoms with E-state index in [1.807, 2.05) is 86.6 Å². The van der Waals surface area contributed by atoms with Crippen LogP contribution in [0.3, 0.4) is 0 Å². The molecule has 41 heavy (non-hydrogen) atoms. The molecule has 0 bridgehead atoms. The van der Waals surface area contributed by atoms with Gasteiger partial charge in [-0.15, -0.1) is 0 Å². The van der Waals surface area contributed by atoms with Crippen molar-refractivity contribution in [3.63, 3.8) is 0 Å². The van der Waals surface area contributed by atoms with E-state index in [-0.39, 0.29) is 0 Å². The van der Waals surface area contributed by atoms with Crippen LogP contribution in [-0.2, 0) is 0 Å². The second kappa shape index (κ2) is 11.2. The molecule has 0 spiro atoms. The molecule has 5 rings (SSSR count). The lowest BCUT2D eigenvalue weighted by atomic mass is 9.82. The normalized spacial score (nSPS) is 11.8. The summed E-state index contributed by atoms with van der Waals surface area (Å²) in [6.45, 7) is 12.6. The number of halogens is 1. The standard InChI is InChI=1S/C32H35ClN8/c1-20-11-7-9-13-24(20)35-28-37-29(36-25-14-10-8-12-21(25)2)39-30(38-28)41-32(5,6)31(3,4)40-26-17-18-34-27-19-22(33)15-16-23(26)27/h7-19H,1-6H3,(H,34,40)(H3,35,36,37,38,39,41). The molecule has 0 aliphatic heterocycles. The van der Waals surface area contributed by atoms with Gasteiger partial charge in [0, 0.05) is 33.7 Å². The average molecular weight is 567 g/mol. The van der Waals surface area contributed by atoms with Crippen molar-refractivity contribution in [1.29, 1.82) is 0 Å². The van der Waals surface area contributed by atoms with Gasteiger partial charge in [0.05, 0.1) is 16.6 Å². The molecular weight excluding hydrogens is 532 g/mol. The van der Waals surface area contributed by atoms with Crippen LogP contribution < -0.4 is 21.3 Å². The van der Waals surface area contributed by atoms with Gasteiger partial charge in [-0.3, -0.25) is 4.98 Å². The molecule has 2 heterocycles. The van der Waals surface area contributed by atoms with Crippen molar-refractivity contribution in [2.75, 3.05) is 21.3 Å². The van der Waals surface area contributed by atoms with Crippen LogP contribution in [0.5, 0.6) is 0 Å². The van der Waals surface area contributed by atoms with Crippen molar-refractivity contribution in [3.8, 4) is 0 Å². The molecule has 210 valence electrons. The molecule has 0 fully saturated rings. The van der Waals surface area contributed by atoms with Crippen LogP contribution in [-0.4, -0.2) is 31.0 Å². The molecule has 0 aliphatic carbocycles. The van der Waals surface area contributed by atoms with Gasteiger partial charge in [0.1, 0.15) is 0 Å². The van der Waals surface area contributed by atoms with Crippen molar-refractivity contribution in [1.82, 2.24) is 19.9 Å². The number of rotatable bonds is 9.